The maximum Gasteiger partial charge on any atom is 0.338 e. The standard InChI is InChI=1S/C17H18BrNO2/c1-3-21-17(20)13-7-6-8-14(11-13)19-12(2)15-9-4-5-10-16(15)18/h4-12,19H,3H2,1-2H3. The van der Waals surface area contributed by atoms with Gasteiger partial charge in [-0.25, -0.2) is 4.79 Å². The van der Waals surface area contributed by atoms with E-state index in [4.69, 9.17) is 4.74 Å². The van der Waals surface area contributed by atoms with Crippen LogP contribution in [-0.4, -0.2) is 12.6 Å². The molecule has 0 aliphatic rings. The van der Waals surface area contributed by atoms with E-state index in [2.05, 4.69) is 34.2 Å². The lowest BCUT2D eigenvalue weighted by molar-refractivity contribution is 0.0526. The number of esters is 1. The molecule has 21 heavy (non-hydrogen) atoms. The fraction of sp³-hybridized carbons (Fsp3) is 0.235. The van der Waals surface area contributed by atoms with Crippen molar-refractivity contribution in [2.75, 3.05) is 11.9 Å². The fourth-order valence-electron chi connectivity index (χ4n) is 2.10. The van der Waals surface area contributed by atoms with Crippen LogP contribution in [0.3, 0.4) is 0 Å². The van der Waals surface area contributed by atoms with Crippen molar-refractivity contribution in [3.63, 3.8) is 0 Å². The van der Waals surface area contributed by atoms with Crippen molar-refractivity contribution >= 4 is 27.6 Å². The van der Waals surface area contributed by atoms with Crippen molar-refractivity contribution < 1.29 is 9.53 Å². The molecule has 2 rings (SSSR count). The van der Waals surface area contributed by atoms with E-state index in [1.165, 1.54) is 5.56 Å². The number of hydrogen-bond donors (Lipinski definition) is 1. The van der Waals surface area contributed by atoms with Gasteiger partial charge < -0.3 is 10.1 Å². The SMILES string of the molecule is CCOC(=O)c1cccc(NC(C)c2ccccc2Br)c1. The number of ether oxygens (including phenoxy) is 1. The van der Waals surface area contributed by atoms with Crippen LogP contribution >= 0.6 is 15.9 Å². The third-order valence-electron chi connectivity index (χ3n) is 3.13. The van der Waals surface area contributed by atoms with Gasteiger partial charge in [0.05, 0.1) is 12.2 Å². The van der Waals surface area contributed by atoms with E-state index >= 15 is 0 Å². The highest BCUT2D eigenvalue weighted by Crippen LogP contribution is 2.26. The van der Waals surface area contributed by atoms with Crippen molar-refractivity contribution in [1.82, 2.24) is 0 Å². The first-order chi connectivity index (χ1) is 10.1. The van der Waals surface area contributed by atoms with Gasteiger partial charge >= 0.3 is 5.97 Å². The molecule has 0 saturated heterocycles. The van der Waals surface area contributed by atoms with Gasteiger partial charge in [0.1, 0.15) is 0 Å². The molecule has 1 atom stereocenters. The lowest BCUT2D eigenvalue weighted by atomic mass is 10.1. The molecule has 4 heteroatoms. The predicted molar refractivity (Wildman–Crippen MR) is 88.6 cm³/mol. The second-order valence-electron chi connectivity index (χ2n) is 4.69. The molecule has 1 N–H and O–H groups in total. The highest BCUT2D eigenvalue weighted by atomic mass is 79.9. The first-order valence-electron chi connectivity index (χ1n) is 6.90. The Balaban J connectivity index is 2.15. The minimum atomic E-state index is -0.297. The zero-order chi connectivity index (χ0) is 15.2. The van der Waals surface area contributed by atoms with Gasteiger partial charge in [-0.2, -0.15) is 0 Å². The molecule has 0 amide bonds. The maximum atomic E-state index is 11.7. The second-order valence-corrected chi connectivity index (χ2v) is 5.54. The molecule has 0 aromatic heterocycles. The van der Waals surface area contributed by atoms with Crippen molar-refractivity contribution in [2.45, 2.75) is 19.9 Å². The summed E-state index contributed by atoms with van der Waals surface area (Å²) in [6.45, 7) is 4.26. The number of nitrogens with one attached hydrogen (secondary N) is 1. The molecule has 0 aliphatic carbocycles. The summed E-state index contributed by atoms with van der Waals surface area (Å²) in [5.74, 6) is -0.297. The normalized spacial score (nSPS) is 11.8. The van der Waals surface area contributed by atoms with Crippen LogP contribution in [0.5, 0.6) is 0 Å². The molecule has 0 aliphatic heterocycles. The Morgan fingerprint density at radius 1 is 1.24 bits per heavy atom. The first-order valence-corrected chi connectivity index (χ1v) is 7.69. The minimum absolute atomic E-state index is 0.123. The number of carbonyl (C=O) groups excluding carboxylic acids is 1. The van der Waals surface area contributed by atoms with Crippen molar-refractivity contribution in [3.05, 3.63) is 64.1 Å². The zero-order valence-electron chi connectivity index (χ0n) is 12.1. The summed E-state index contributed by atoms with van der Waals surface area (Å²) in [6.07, 6.45) is 0. The Hall–Kier alpha value is -1.81. The Kier molecular flexibility index (Phi) is 5.39. The van der Waals surface area contributed by atoms with Gasteiger partial charge in [-0.3, -0.25) is 0 Å². The average molecular weight is 348 g/mol. The van der Waals surface area contributed by atoms with Crippen LogP contribution in [0.15, 0.2) is 53.0 Å². The molecular formula is C17H18BrNO2. The molecule has 0 bridgehead atoms. The summed E-state index contributed by atoms with van der Waals surface area (Å²) >= 11 is 3.55. The van der Waals surface area contributed by atoms with Gasteiger partial charge in [-0.1, -0.05) is 40.2 Å². The number of hydrogen-bond acceptors (Lipinski definition) is 3. The Morgan fingerprint density at radius 2 is 2.00 bits per heavy atom. The van der Waals surface area contributed by atoms with Crippen molar-refractivity contribution in [1.29, 1.82) is 0 Å². The largest absolute Gasteiger partial charge is 0.462 e. The molecule has 2 aromatic carbocycles. The summed E-state index contributed by atoms with van der Waals surface area (Å²) in [5, 5.41) is 3.40. The molecule has 0 saturated carbocycles. The van der Waals surface area contributed by atoms with Gasteiger partial charge in [0.25, 0.3) is 0 Å². The summed E-state index contributed by atoms with van der Waals surface area (Å²) < 4.78 is 6.08. The minimum Gasteiger partial charge on any atom is -0.462 e. The average Bonchev–Trinajstić information content (AvgIpc) is 2.48. The van der Waals surface area contributed by atoms with Crippen LogP contribution in [0, 0.1) is 0 Å². The van der Waals surface area contributed by atoms with Crippen molar-refractivity contribution in [3.8, 4) is 0 Å². The molecule has 2 aromatic rings. The van der Waals surface area contributed by atoms with Crippen molar-refractivity contribution in [2.24, 2.45) is 0 Å². The second kappa shape index (κ2) is 7.27. The van der Waals surface area contributed by atoms with E-state index in [1.807, 2.05) is 36.4 Å². The van der Waals surface area contributed by atoms with E-state index in [-0.39, 0.29) is 12.0 Å². The van der Waals surface area contributed by atoms with E-state index in [0.717, 1.165) is 10.2 Å². The summed E-state index contributed by atoms with van der Waals surface area (Å²) in [4.78, 5) is 11.7. The predicted octanol–water partition coefficient (Wildman–Crippen LogP) is 4.80. The monoisotopic (exact) mass is 347 g/mol. The molecule has 0 spiro atoms. The van der Waals surface area contributed by atoms with Gasteiger partial charge in [0.15, 0.2) is 0 Å². The Bertz CT molecular complexity index is 628. The summed E-state index contributed by atoms with van der Waals surface area (Å²) in [5.41, 5.74) is 2.61. The highest BCUT2D eigenvalue weighted by molar-refractivity contribution is 9.10. The number of rotatable bonds is 5. The maximum absolute atomic E-state index is 11.7. The van der Waals surface area contributed by atoms with Gasteiger partial charge in [-0.15, -0.1) is 0 Å². The first kappa shape index (κ1) is 15.6. The third-order valence-corrected chi connectivity index (χ3v) is 3.85. The van der Waals surface area contributed by atoms with E-state index in [0.29, 0.717) is 12.2 Å². The molecule has 3 nitrogen and oxygen atoms in total. The smallest absolute Gasteiger partial charge is 0.338 e. The van der Waals surface area contributed by atoms with Crippen LogP contribution < -0.4 is 5.32 Å². The topological polar surface area (TPSA) is 38.3 Å². The van der Waals surface area contributed by atoms with Crippen LogP contribution in [0.25, 0.3) is 0 Å². The molecule has 0 fully saturated rings. The molecule has 1 unspecified atom stereocenters. The Labute approximate surface area is 133 Å². The van der Waals surface area contributed by atoms with Crippen LogP contribution in [0.1, 0.15) is 35.8 Å². The van der Waals surface area contributed by atoms with E-state index in [1.54, 1.807) is 13.0 Å². The number of halogens is 1. The van der Waals surface area contributed by atoms with E-state index in [9.17, 15) is 4.79 Å². The van der Waals surface area contributed by atoms with Crippen LogP contribution in [0.4, 0.5) is 5.69 Å². The summed E-state index contributed by atoms with van der Waals surface area (Å²) in [6, 6.07) is 15.6. The summed E-state index contributed by atoms with van der Waals surface area (Å²) in [7, 11) is 0. The number of benzene rings is 2. The van der Waals surface area contributed by atoms with Gasteiger partial charge in [-0.05, 0) is 43.7 Å². The number of anilines is 1. The lowest BCUT2D eigenvalue weighted by Gasteiger charge is -2.17. The zero-order valence-corrected chi connectivity index (χ0v) is 13.7. The molecular weight excluding hydrogens is 330 g/mol. The van der Waals surface area contributed by atoms with E-state index < -0.39 is 0 Å². The quantitative estimate of drug-likeness (QED) is 0.789. The van der Waals surface area contributed by atoms with Gasteiger partial charge in [0, 0.05) is 16.2 Å². The van der Waals surface area contributed by atoms with Gasteiger partial charge in [0.2, 0.25) is 0 Å². The highest BCUT2D eigenvalue weighted by Gasteiger charge is 2.11. The molecule has 110 valence electrons. The Morgan fingerprint density at radius 3 is 2.71 bits per heavy atom. The third kappa shape index (κ3) is 4.08. The van der Waals surface area contributed by atoms with Crippen LogP contribution in [0.2, 0.25) is 0 Å². The van der Waals surface area contributed by atoms with Crippen LogP contribution in [-0.2, 0) is 4.74 Å². The fourth-order valence-corrected chi connectivity index (χ4v) is 2.73. The molecule has 0 heterocycles. The molecule has 0 radical (unpaired) electrons. The lowest BCUT2D eigenvalue weighted by Crippen LogP contribution is -2.09. The number of carbonyl (C=O) groups is 1.